The molecule has 2 aliphatic rings. The van der Waals surface area contributed by atoms with Gasteiger partial charge in [-0.25, -0.2) is 0 Å². The second kappa shape index (κ2) is 7.41. The summed E-state index contributed by atoms with van der Waals surface area (Å²) in [6.45, 7) is 1.66. The molecule has 0 aromatic carbocycles. The van der Waals surface area contributed by atoms with Gasteiger partial charge in [0.05, 0.1) is 0 Å². The van der Waals surface area contributed by atoms with Gasteiger partial charge in [0.25, 0.3) is 0 Å². The second-order valence-electron chi connectivity index (χ2n) is 6.54. The van der Waals surface area contributed by atoms with Gasteiger partial charge in [-0.15, -0.1) is 0 Å². The van der Waals surface area contributed by atoms with Gasteiger partial charge in [0.2, 0.25) is 5.91 Å². The number of amides is 1. The van der Waals surface area contributed by atoms with Crippen molar-refractivity contribution < 1.29 is 9.53 Å². The fraction of sp³-hybridized carbons (Fsp3) is 0.938. The molecule has 116 valence electrons. The van der Waals surface area contributed by atoms with Crippen LogP contribution in [-0.4, -0.2) is 31.7 Å². The molecule has 2 saturated carbocycles. The van der Waals surface area contributed by atoms with Crippen LogP contribution in [0.3, 0.4) is 0 Å². The Labute approximate surface area is 122 Å². The number of hydrogen-bond donors (Lipinski definition) is 2. The van der Waals surface area contributed by atoms with E-state index in [1.165, 1.54) is 32.1 Å². The number of carbonyl (C=O) groups excluding carboxylic acids is 1. The van der Waals surface area contributed by atoms with E-state index >= 15 is 0 Å². The molecule has 2 unspecified atom stereocenters. The van der Waals surface area contributed by atoms with Gasteiger partial charge >= 0.3 is 0 Å². The van der Waals surface area contributed by atoms with Gasteiger partial charge in [0.15, 0.2) is 0 Å². The third-order valence-electron chi connectivity index (χ3n) is 5.40. The van der Waals surface area contributed by atoms with Gasteiger partial charge in [-0.3, -0.25) is 4.79 Å². The van der Waals surface area contributed by atoms with Crippen molar-refractivity contribution >= 4 is 5.91 Å². The van der Waals surface area contributed by atoms with Crippen LogP contribution in [0.2, 0.25) is 0 Å². The molecule has 2 rings (SSSR count). The summed E-state index contributed by atoms with van der Waals surface area (Å²) in [6.07, 6.45) is 10.7. The summed E-state index contributed by atoms with van der Waals surface area (Å²) in [7, 11) is 1.85. The number of primary amides is 1. The van der Waals surface area contributed by atoms with Crippen LogP contribution in [0.15, 0.2) is 0 Å². The molecule has 0 radical (unpaired) electrons. The SMILES string of the molecule is CNC1(C(N)=O)CCCC1CCOCC1CCCCC1. The fourth-order valence-corrected chi connectivity index (χ4v) is 4.07. The van der Waals surface area contributed by atoms with E-state index < -0.39 is 5.54 Å². The molecule has 1 amide bonds. The summed E-state index contributed by atoms with van der Waals surface area (Å²) in [5.74, 6) is 0.892. The number of ether oxygens (including phenoxy) is 1. The maximum absolute atomic E-state index is 11.8. The normalized spacial score (nSPS) is 31.6. The minimum Gasteiger partial charge on any atom is -0.381 e. The van der Waals surface area contributed by atoms with E-state index in [1.807, 2.05) is 7.05 Å². The first kappa shape index (κ1) is 15.8. The van der Waals surface area contributed by atoms with Crippen LogP contribution in [-0.2, 0) is 9.53 Å². The average Bonchev–Trinajstić information content (AvgIpc) is 2.89. The number of rotatable bonds is 7. The van der Waals surface area contributed by atoms with E-state index in [9.17, 15) is 4.79 Å². The minimum absolute atomic E-state index is 0.199. The zero-order valence-corrected chi connectivity index (χ0v) is 12.8. The van der Waals surface area contributed by atoms with Crippen molar-refractivity contribution in [2.24, 2.45) is 17.6 Å². The first-order valence-electron chi connectivity index (χ1n) is 8.25. The van der Waals surface area contributed by atoms with Crippen molar-refractivity contribution in [3.63, 3.8) is 0 Å². The van der Waals surface area contributed by atoms with E-state index in [-0.39, 0.29) is 5.91 Å². The van der Waals surface area contributed by atoms with Crippen molar-refractivity contribution in [3.05, 3.63) is 0 Å². The summed E-state index contributed by atoms with van der Waals surface area (Å²) >= 11 is 0. The molecule has 2 fully saturated rings. The first-order chi connectivity index (χ1) is 9.69. The Balaban J connectivity index is 1.71. The summed E-state index contributed by atoms with van der Waals surface area (Å²) < 4.78 is 5.87. The molecular formula is C16H30N2O2. The lowest BCUT2D eigenvalue weighted by Gasteiger charge is -2.32. The molecule has 0 aliphatic heterocycles. The fourth-order valence-electron chi connectivity index (χ4n) is 4.07. The van der Waals surface area contributed by atoms with Crippen molar-refractivity contribution in [3.8, 4) is 0 Å². The number of likely N-dealkylation sites (N-methyl/N-ethyl adjacent to an activating group) is 1. The minimum atomic E-state index is -0.492. The summed E-state index contributed by atoms with van der Waals surface area (Å²) in [5, 5.41) is 3.19. The van der Waals surface area contributed by atoms with E-state index in [2.05, 4.69) is 5.32 Å². The average molecular weight is 282 g/mol. The number of carbonyl (C=O) groups is 1. The Kier molecular flexibility index (Phi) is 5.85. The monoisotopic (exact) mass is 282 g/mol. The van der Waals surface area contributed by atoms with Crippen molar-refractivity contribution in [2.75, 3.05) is 20.3 Å². The van der Waals surface area contributed by atoms with Crippen molar-refractivity contribution in [1.82, 2.24) is 5.32 Å². The van der Waals surface area contributed by atoms with Gasteiger partial charge < -0.3 is 15.8 Å². The molecule has 4 heteroatoms. The highest BCUT2D eigenvalue weighted by Crippen LogP contribution is 2.37. The van der Waals surface area contributed by atoms with Crippen LogP contribution in [0.4, 0.5) is 0 Å². The standard InChI is InChI=1S/C16H30N2O2/c1-18-16(15(17)19)10-5-8-14(16)9-11-20-12-13-6-3-2-4-7-13/h13-14,18H,2-12H2,1H3,(H2,17,19). The lowest BCUT2D eigenvalue weighted by Crippen LogP contribution is -2.56. The molecular weight excluding hydrogens is 252 g/mol. The molecule has 0 aromatic heterocycles. The van der Waals surface area contributed by atoms with Crippen LogP contribution < -0.4 is 11.1 Å². The van der Waals surface area contributed by atoms with Gasteiger partial charge in [-0.05, 0) is 51.0 Å². The summed E-state index contributed by atoms with van der Waals surface area (Å²) in [4.78, 5) is 11.8. The maximum Gasteiger partial charge on any atom is 0.238 e. The smallest absolute Gasteiger partial charge is 0.238 e. The molecule has 3 N–H and O–H groups in total. The lowest BCUT2D eigenvalue weighted by molar-refractivity contribution is -0.126. The second-order valence-corrected chi connectivity index (χ2v) is 6.54. The topological polar surface area (TPSA) is 64.3 Å². The van der Waals surface area contributed by atoms with Gasteiger partial charge in [-0.1, -0.05) is 25.7 Å². The van der Waals surface area contributed by atoms with Gasteiger partial charge in [0.1, 0.15) is 5.54 Å². The quantitative estimate of drug-likeness (QED) is 0.704. The molecule has 20 heavy (non-hydrogen) atoms. The molecule has 0 aromatic rings. The molecule has 0 saturated heterocycles. The zero-order chi connectivity index (χ0) is 14.4. The molecule has 0 spiro atoms. The molecule has 2 aliphatic carbocycles. The highest BCUT2D eigenvalue weighted by atomic mass is 16.5. The first-order valence-corrected chi connectivity index (χ1v) is 8.25. The maximum atomic E-state index is 11.8. The Morgan fingerprint density at radius 3 is 2.65 bits per heavy atom. The molecule has 2 atom stereocenters. The van der Waals surface area contributed by atoms with E-state index in [4.69, 9.17) is 10.5 Å². The van der Waals surface area contributed by atoms with Crippen molar-refractivity contribution in [2.45, 2.75) is 63.3 Å². The predicted molar refractivity (Wildman–Crippen MR) is 80.3 cm³/mol. The van der Waals surface area contributed by atoms with Gasteiger partial charge in [0, 0.05) is 13.2 Å². The Morgan fingerprint density at radius 1 is 1.25 bits per heavy atom. The molecule has 0 heterocycles. The van der Waals surface area contributed by atoms with Crippen LogP contribution in [0.5, 0.6) is 0 Å². The number of nitrogens with one attached hydrogen (secondary N) is 1. The van der Waals surface area contributed by atoms with Crippen LogP contribution in [0.1, 0.15) is 57.8 Å². The Bertz CT molecular complexity index is 316. The van der Waals surface area contributed by atoms with E-state index in [0.29, 0.717) is 5.92 Å². The van der Waals surface area contributed by atoms with Crippen LogP contribution in [0.25, 0.3) is 0 Å². The largest absolute Gasteiger partial charge is 0.381 e. The highest BCUT2D eigenvalue weighted by molar-refractivity contribution is 5.85. The Morgan fingerprint density at radius 2 is 2.00 bits per heavy atom. The summed E-state index contributed by atoms with van der Waals surface area (Å²) in [5.41, 5.74) is 5.12. The molecule has 0 bridgehead atoms. The van der Waals surface area contributed by atoms with Crippen LogP contribution in [0, 0.1) is 11.8 Å². The third kappa shape index (κ3) is 3.53. The van der Waals surface area contributed by atoms with E-state index in [0.717, 1.165) is 44.8 Å². The lowest BCUT2D eigenvalue weighted by atomic mass is 9.84. The van der Waals surface area contributed by atoms with Gasteiger partial charge in [-0.2, -0.15) is 0 Å². The predicted octanol–water partition coefficient (Wildman–Crippen LogP) is 2.22. The third-order valence-corrected chi connectivity index (χ3v) is 5.40. The molecule has 4 nitrogen and oxygen atoms in total. The van der Waals surface area contributed by atoms with E-state index in [1.54, 1.807) is 0 Å². The Hall–Kier alpha value is -0.610. The van der Waals surface area contributed by atoms with Crippen molar-refractivity contribution in [1.29, 1.82) is 0 Å². The van der Waals surface area contributed by atoms with Crippen LogP contribution >= 0.6 is 0 Å². The number of nitrogens with two attached hydrogens (primary N) is 1. The number of hydrogen-bond acceptors (Lipinski definition) is 3. The zero-order valence-electron chi connectivity index (χ0n) is 12.8. The highest BCUT2D eigenvalue weighted by Gasteiger charge is 2.46. The summed E-state index contributed by atoms with van der Waals surface area (Å²) in [6, 6.07) is 0.